The highest BCUT2D eigenvalue weighted by Gasteiger charge is 2.20. The molecule has 2 heterocycles. The van der Waals surface area contributed by atoms with Gasteiger partial charge in [-0.3, -0.25) is 4.79 Å². The normalized spacial score (nSPS) is 12.4. The maximum atomic E-state index is 11.1. The lowest BCUT2D eigenvalue weighted by Crippen LogP contribution is -2.21. The number of benzene rings is 1. The molecule has 0 saturated heterocycles. The highest BCUT2D eigenvalue weighted by molar-refractivity contribution is 7.15. The first-order valence-electron chi connectivity index (χ1n) is 7.13. The fraction of sp³-hybridized carbons (Fsp3) is 0.267. The summed E-state index contributed by atoms with van der Waals surface area (Å²) in [5.41, 5.74) is 13.6. The maximum absolute atomic E-state index is 11.1. The molecule has 0 saturated carbocycles. The van der Waals surface area contributed by atoms with E-state index in [4.69, 9.17) is 16.2 Å². The van der Waals surface area contributed by atoms with Crippen LogP contribution in [0.4, 0.5) is 5.13 Å². The number of hydrogen-bond donors (Lipinski definition) is 3. The summed E-state index contributed by atoms with van der Waals surface area (Å²) < 4.78 is 5.78. The van der Waals surface area contributed by atoms with E-state index in [9.17, 15) is 4.79 Å². The van der Waals surface area contributed by atoms with Crippen molar-refractivity contribution in [3.8, 4) is 17.0 Å². The highest BCUT2D eigenvalue weighted by atomic mass is 32.1. The van der Waals surface area contributed by atoms with Crippen LogP contribution in [0.2, 0.25) is 0 Å². The summed E-state index contributed by atoms with van der Waals surface area (Å²) in [5.74, 6) is 0.697. The molecule has 120 valence electrons. The number of thiazole rings is 1. The van der Waals surface area contributed by atoms with Gasteiger partial charge in [-0.2, -0.15) is 4.99 Å². The summed E-state index contributed by atoms with van der Waals surface area (Å²) in [6.07, 6.45) is 0.753. The Labute approximate surface area is 137 Å². The smallest absolute Gasteiger partial charge is 0.217 e. The van der Waals surface area contributed by atoms with Crippen molar-refractivity contribution in [1.29, 1.82) is 0 Å². The summed E-state index contributed by atoms with van der Waals surface area (Å²) in [5, 5.41) is 3.32. The summed E-state index contributed by atoms with van der Waals surface area (Å²) in [4.78, 5) is 20.7. The number of carbonyl (C=O) groups excluding carboxylic acids is 1. The van der Waals surface area contributed by atoms with Crippen LogP contribution in [-0.2, 0) is 17.8 Å². The summed E-state index contributed by atoms with van der Waals surface area (Å²) in [6.45, 7) is 2.53. The number of nitrogens with one attached hydrogen (secondary N) is 1. The van der Waals surface area contributed by atoms with Gasteiger partial charge in [0, 0.05) is 30.3 Å². The lowest BCUT2D eigenvalue weighted by Gasteiger charge is -2.09. The Bertz CT molecular complexity index is 780. The van der Waals surface area contributed by atoms with Crippen LogP contribution in [0.3, 0.4) is 0 Å². The third-order valence-corrected chi connectivity index (χ3v) is 4.35. The summed E-state index contributed by atoms with van der Waals surface area (Å²) >= 11 is 1.46. The number of fused-ring (bicyclic) bond motifs is 3. The van der Waals surface area contributed by atoms with Gasteiger partial charge < -0.3 is 21.5 Å². The van der Waals surface area contributed by atoms with Crippen molar-refractivity contribution < 1.29 is 9.53 Å². The number of amides is 1. The van der Waals surface area contributed by atoms with Crippen LogP contribution in [0.5, 0.6) is 5.75 Å². The SMILES string of the molecule is CC(=O)NCc1ccc2c(c1)-c1nc(N=C(N)N)sc1CCO2. The van der Waals surface area contributed by atoms with Crippen molar-refractivity contribution in [2.24, 2.45) is 16.5 Å². The predicted molar refractivity (Wildman–Crippen MR) is 89.7 cm³/mol. The minimum absolute atomic E-state index is 0.00945. The zero-order valence-electron chi connectivity index (χ0n) is 12.6. The van der Waals surface area contributed by atoms with Gasteiger partial charge >= 0.3 is 0 Å². The van der Waals surface area contributed by atoms with E-state index in [-0.39, 0.29) is 11.9 Å². The van der Waals surface area contributed by atoms with E-state index < -0.39 is 0 Å². The monoisotopic (exact) mass is 331 g/mol. The first-order valence-corrected chi connectivity index (χ1v) is 7.94. The molecule has 0 spiro atoms. The zero-order valence-corrected chi connectivity index (χ0v) is 13.4. The van der Waals surface area contributed by atoms with Gasteiger partial charge in [0.1, 0.15) is 5.75 Å². The molecule has 0 aliphatic carbocycles. The van der Waals surface area contributed by atoms with Crippen LogP contribution in [0, 0.1) is 0 Å². The topological polar surface area (TPSA) is 116 Å². The molecule has 23 heavy (non-hydrogen) atoms. The van der Waals surface area contributed by atoms with Gasteiger partial charge in [-0.25, -0.2) is 4.98 Å². The number of hydrogen-bond acceptors (Lipinski definition) is 5. The first kappa shape index (κ1) is 15.3. The molecule has 1 aliphatic rings. The van der Waals surface area contributed by atoms with Crippen LogP contribution in [0.25, 0.3) is 11.3 Å². The molecule has 5 N–H and O–H groups in total. The van der Waals surface area contributed by atoms with Gasteiger partial charge in [0.05, 0.1) is 12.3 Å². The molecule has 3 rings (SSSR count). The second-order valence-corrected chi connectivity index (χ2v) is 6.21. The van der Waals surface area contributed by atoms with E-state index in [1.165, 1.54) is 18.3 Å². The molecule has 1 aromatic heterocycles. The molecule has 1 aliphatic heterocycles. The Kier molecular flexibility index (Phi) is 4.16. The van der Waals surface area contributed by atoms with Crippen molar-refractivity contribution in [3.63, 3.8) is 0 Å². The average Bonchev–Trinajstić information content (AvgIpc) is 2.80. The Morgan fingerprint density at radius 1 is 1.48 bits per heavy atom. The third-order valence-electron chi connectivity index (χ3n) is 3.34. The number of aliphatic imine (C=N–C) groups is 1. The number of aromatic nitrogens is 1. The Hall–Kier alpha value is -2.61. The summed E-state index contributed by atoms with van der Waals surface area (Å²) in [6, 6.07) is 5.82. The van der Waals surface area contributed by atoms with Gasteiger partial charge in [-0.15, -0.1) is 0 Å². The molecule has 8 heteroatoms. The van der Waals surface area contributed by atoms with Crippen LogP contribution >= 0.6 is 11.3 Å². The van der Waals surface area contributed by atoms with Crippen LogP contribution in [-0.4, -0.2) is 23.5 Å². The standard InChI is InChI=1S/C15H17N5O2S/c1-8(21)18-7-9-2-3-11-10(6-9)13-12(4-5-22-11)23-15(19-13)20-14(16)17/h2-3,6H,4-5,7H2,1H3,(H,18,21)(H4,16,17,19,20). The fourth-order valence-corrected chi connectivity index (χ4v) is 3.30. The molecule has 1 aromatic carbocycles. The van der Waals surface area contributed by atoms with Crippen molar-refractivity contribution in [3.05, 3.63) is 28.6 Å². The Balaban J connectivity index is 2.01. The van der Waals surface area contributed by atoms with Crippen LogP contribution < -0.4 is 21.5 Å². The zero-order chi connectivity index (χ0) is 16.4. The molecule has 0 radical (unpaired) electrons. The number of nitrogens with zero attached hydrogens (tertiary/aromatic N) is 2. The minimum Gasteiger partial charge on any atom is -0.493 e. The van der Waals surface area contributed by atoms with Gasteiger partial charge in [-0.1, -0.05) is 17.4 Å². The van der Waals surface area contributed by atoms with Crippen LogP contribution in [0.1, 0.15) is 17.4 Å². The van der Waals surface area contributed by atoms with Gasteiger partial charge in [0.15, 0.2) is 5.96 Å². The van der Waals surface area contributed by atoms with Crippen molar-refractivity contribution in [2.75, 3.05) is 6.61 Å². The summed E-state index contributed by atoms with van der Waals surface area (Å²) in [7, 11) is 0. The highest BCUT2D eigenvalue weighted by Crippen LogP contribution is 2.40. The van der Waals surface area contributed by atoms with E-state index in [0.717, 1.165) is 33.9 Å². The van der Waals surface area contributed by atoms with Gasteiger partial charge in [0.2, 0.25) is 11.0 Å². The average molecular weight is 331 g/mol. The van der Waals surface area contributed by atoms with E-state index in [1.807, 2.05) is 18.2 Å². The second kappa shape index (κ2) is 6.25. The fourth-order valence-electron chi connectivity index (χ4n) is 2.36. The maximum Gasteiger partial charge on any atom is 0.217 e. The molecular formula is C15H17N5O2S. The van der Waals surface area contributed by atoms with Gasteiger partial charge in [0.25, 0.3) is 0 Å². The first-order chi connectivity index (χ1) is 11.0. The second-order valence-electron chi connectivity index (χ2n) is 5.14. The molecule has 0 fully saturated rings. The number of nitrogens with two attached hydrogens (primary N) is 2. The molecule has 0 atom stereocenters. The number of carbonyl (C=O) groups is 1. The number of rotatable bonds is 3. The van der Waals surface area contributed by atoms with E-state index in [1.54, 1.807) is 0 Å². The van der Waals surface area contributed by atoms with E-state index in [0.29, 0.717) is 18.3 Å². The predicted octanol–water partition coefficient (Wildman–Crippen LogP) is 1.29. The van der Waals surface area contributed by atoms with Crippen molar-refractivity contribution >= 4 is 28.3 Å². The number of ether oxygens (including phenoxy) is 1. The molecular weight excluding hydrogens is 314 g/mol. The quantitative estimate of drug-likeness (QED) is 0.579. The minimum atomic E-state index is -0.0689. The lowest BCUT2D eigenvalue weighted by atomic mass is 10.1. The molecule has 1 amide bonds. The lowest BCUT2D eigenvalue weighted by molar-refractivity contribution is -0.119. The molecule has 7 nitrogen and oxygen atoms in total. The third kappa shape index (κ3) is 3.42. The van der Waals surface area contributed by atoms with E-state index >= 15 is 0 Å². The molecule has 0 bridgehead atoms. The van der Waals surface area contributed by atoms with Crippen molar-refractivity contribution in [2.45, 2.75) is 19.9 Å². The number of guanidine groups is 1. The largest absolute Gasteiger partial charge is 0.493 e. The molecule has 0 unspecified atom stereocenters. The van der Waals surface area contributed by atoms with Crippen LogP contribution in [0.15, 0.2) is 23.2 Å². The molecule has 2 aromatic rings. The van der Waals surface area contributed by atoms with E-state index in [2.05, 4.69) is 15.3 Å². The van der Waals surface area contributed by atoms with Gasteiger partial charge in [-0.05, 0) is 17.7 Å². The van der Waals surface area contributed by atoms with Crippen molar-refractivity contribution in [1.82, 2.24) is 10.3 Å². The Morgan fingerprint density at radius 2 is 2.30 bits per heavy atom. The Morgan fingerprint density at radius 3 is 3.04 bits per heavy atom.